The summed E-state index contributed by atoms with van der Waals surface area (Å²) in [4.78, 5) is 33.5. The zero-order chi connectivity index (χ0) is 18.6. The van der Waals surface area contributed by atoms with E-state index in [1.165, 1.54) is 0 Å². The number of amides is 2. The third-order valence-corrected chi connectivity index (χ3v) is 4.53. The maximum Gasteiger partial charge on any atom is 0.289 e. The van der Waals surface area contributed by atoms with Crippen molar-refractivity contribution >= 4 is 17.5 Å². The van der Waals surface area contributed by atoms with Gasteiger partial charge in [0.05, 0.1) is 5.69 Å². The van der Waals surface area contributed by atoms with E-state index in [0.717, 1.165) is 16.8 Å². The number of nitrogens with zero attached hydrogens (tertiary/aromatic N) is 2. The fraction of sp³-hybridized carbons (Fsp3) is 0.143. The fourth-order valence-electron chi connectivity index (χ4n) is 3.11. The van der Waals surface area contributed by atoms with E-state index in [-0.39, 0.29) is 11.7 Å². The Labute approximate surface area is 156 Å². The van der Waals surface area contributed by atoms with Crippen LogP contribution in [0.15, 0.2) is 66.9 Å². The smallest absolute Gasteiger partial charge is 0.289 e. The molecule has 6 nitrogen and oxygen atoms in total. The van der Waals surface area contributed by atoms with Crippen LogP contribution in [0.4, 0.5) is 5.69 Å². The third-order valence-electron chi connectivity index (χ3n) is 4.53. The van der Waals surface area contributed by atoms with Gasteiger partial charge in [-0.25, -0.2) is 9.97 Å². The number of carbonyl (C=O) groups is 2. The summed E-state index contributed by atoms with van der Waals surface area (Å²) in [5, 5.41) is 5.63. The third kappa shape index (κ3) is 3.69. The van der Waals surface area contributed by atoms with Gasteiger partial charge in [-0.15, -0.1) is 0 Å². The summed E-state index contributed by atoms with van der Waals surface area (Å²) in [5.41, 5.74) is 3.41. The lowest BCUT2D eigenvalue weighted by molar-refractivity contribution is -0.118. The number of aromatic nitrogens is 2. The lowest BCUT2D eigenvalue weighted by atomic mass is 10.1. The molecule has 1 unspecified atom stereocenters. The van der Waals surface area contributed by atoms with Crippen molar-refractivity contribution in [2.45, 2.75) is 18.9 Å². The Morgan fingerprint density at radius 1 is 1.04 bits per heavy atom. The van der Waals surface area contributed by atoms with Gasteiger partial charge in [-0.1, -0.05) is 48.5 Å². The molecule has 27 heavy (non-hydrogen) atoms. The van der Waals surface area contributed by atoms with Gasteiger partial charge in [0.15, 0.2) is 0 Å². The highest BCUT2D eigenvalue weighted by atomic mass is 16.2. The predicted molar refractivity (Wildman–Crippen MR) is 102 cm³/mol. The van der Waals surface area contributed by atoms with Crippen LogP contribution in [-0.4, -0.2) is 27.8 Å². The second-order valence-electron chi connectivity index (χ2n) is 6.34. The van der Waals surface area contributed by atoms with Crippen LogP contribution in [0, 0.1) is 0 Å². The summed E-state index contributed by atoms with van der Waals surface area (Å²) < 4.78 is 0. The van der Waals surface area contributed by atoms with Crippen molar-refractivity contribution < 1.29 is 9.59 Å². The molecular weight excluding hydrogens is 340 g/mol. The maximum atomic E-state index is 12.6. The summed E-state index contributed by atoms with van der Waals surface area (Å²) in [6.45, 7) is 0. The van der Waals surface area contributed by atoms with Crippen LogP contribution in [0.5, 0.6) is 0 Å². The van der Waals surface area contributed by atoms with E-state index >= 15 is 0 Å². The molecule has 0 bridgehead atoms. The molecule has 2 heterocycles. The Morgan fingerprint density at radius 3 is 2.67 bits per heavy atom. The van der Waals surface area contributed by atoms with Gasteiger partial charge in [0.2, 0.25) is 11.7 Å². The van der Waals surface area contributed by atoms with Crippen LogP contribution in [0.2, 0.25) is 0 Å². The first-order chi connectivity index (χ1) is 13.2. The van der Waals surface area contributed by atoms with Gasteiger partial charge >= 0.3 is 0 Å². The summed E-state index contributed by atoms with van der Waals surface area (Å²) in [6, 6.07) is 18.3. The minimum absolute atomic E-state index is 0.0471. The van der Waals surface area contributed by atoms with E-state index < -0.39 is 11.9 Å². The molecule has 0 saturated heterocycles. The molecule has 134 valence electrons. The molecule has 2 N–H and O–H groups in total. The zero-order valence-electron chi connectivity index (χ0n) is 14.6. The molecule has 0 saturated carbocycles. The topological polar surface area (TPSA) is 84.0 Å². The molecule has 1 aliphatic rings. The average Bonchev–Trinajstić information content (AvgIpc) is 2.87. The van der Waals surface area contributed by atoms with Gasteiger partial charge in [-0.05, 0) is 30.5 Å². The first-order valence-corrected chi connectivity index (χ1v) is 8.79. The normalized spacial score (nSPS) is 16.0. The molecule has 0 radical (unpaired) electrons. The van der Waals surface area contributed by atoms with Crippen LogP contribution in [0.1, 0.15) is 22.6 Å². The van der Waals surface area contributed by atoms with Crippen molar-refractivity contribution in [3.8, 4) is 11.3 Å². The average molecular weight is 358 g/mol. The second-order valence-corrected chi connectivity index (χ2v) is 6.34. The standard InChI is InChI=1S/C21H18N4O2/c26-20-18(11-10-15-8-4-5-9-16(15)24-20)25-21(27)19-22-13-12-17(23-19)14-6-2-1-3-7-14/h1-9,12-13,18H,10-11H2,(H,24,26)(H,25,27). The first-order valence-electron chi connectivity index (χ1n) is 8.79. The molecular formula is C21H18N4O2. The van der Waals surface area contributed by atoms with Gasteiger partial charge < -0.3 is 10.6 Å². The van der Waals surface area contributed by atoms with Crippen molar-refractivity contribution in [3.05, 3.63) is 78.2 Å². The number of para-hydroxylation sites is 1. The molecule has 1 aromatic heterocycles. The maximum absolute atomic E-state index is 12.6. The molecule has 6 heteroatoms. The van der Waals surface area contributed by atoms with Gasteiger partial charge in [0, 0.05) is 17.4 Å². The second kappa shape index (κ2) is 7.37. The van der Waals surface area contributed by atoms with E-state index in [9.17, 15) is 9.59 Å². The van der Waals surface area contributed by atoms with E-state index in [1.807, 2.05) is 54.6 Å². The van der Waals surface area contributed by atoms with E-state index in [2.05, 4.69) is 20.6 Å². The lowest BCUT2D eigenvalue weighted by Gasteiger charge is -2.14. The van der Waals surface area contributed by atoms with Crippen molar-refractivity contribution in [1.82, 2.24) is 15.3 Å². The van der Waals surface area contributed by atoms with Crippen molar-refractivity contribution in [2.75, 3.05) is 5.32 Å². The largest absolute Gasteiger partial charge is 0.337 e. The SMILES string of the molecule is O=C(NC1CCc2ccccc2NC1=O)c1nccc(-c2ccccc2)n1. The quantitative estimate of drug-likeness (QED) is 0.754. The summed E-state index contributed by atoms with van der Waals surface area (Å²) >= 11 is 0. The number of carbonyl (C=O) groups excluding carboxylic acids is 2. The summed E-state index contributed by atoms with van der Waals surface area (Å²) in [7, 11) is 0. The summed E-state index contributed by atoms with van der Waals surface area (Å²) in [5.74, 6) is -0.641. The Bertz CT molecular complexity index is 988. The molecule has 0 aliphatic carbocycles. The first kappa shape index (κ1) is 16.9. The molecule has 2 aromatic carbocycles. The van der Waals surface area contributed by atoms with E-state index in [1.54, 1.807) is 12.3 Å². The number of rotatable bonds is 3. The fourth-order valence-corrected chi connectivity index (χ4v) is 3.11. The number of fused-ring (bicyclic) bond motifs is 1. The lowest BCUT2D eigenvalue weighted by Crippen LogP contribution is -2.43. The van der Waals surface area contributed by atoms with Crippen LogP contribution in [0.3, 0.4) is 0 Å². The highest BCUT2D eigenvalue weighted by Crippen LogP contribution is 2.21. The van der Waals surface area contributed by atoms with Crippen molar-refractivity contribution in [1.29, 1.82) is 0 Å². The zero-order valence-corrected chi connectivity index (χ0v) is 14.6. The molecule has 1 atom stereocenters. The van der Waals surface area contributed by atoms with E-state index in [4.69, 9.17) is 0 Å². The molecule has 0 fully saturated rings. The Balaban J connectivity index is 1.50. The highest BCUT2D eigenvalue weighted by Gasteiger charge is 2.26. The van der Waals surface area contributed by atoms with Gasteiger partial charge in [0.25, 0.3) is 5.91 Å². The van der Waals surface area contributed by atoms with Crippen molar-refractivity contribution in [3.63, 3.8) is 0 Å². The molecule has 4 rings (SSSR count). The molecule has 3 aromatic rings. The molecule has 1 aliphatic heterocycles. The number of hydrogen-bond acceptors (Lipinski definition) is 4. The monoisotopic (exact) mass is 358 g/mol. The Morgan fingerprint density at radius 2 is 1.81 bits per heavy atom. The minimum atomic E-state index is -0.631. The number of benzene rings is 2. The summed E-state index contributed by atoms with van der Waals surface area (Å²) in [6.07, 6.45) is 2.77. The molecule has 2 amide bonds. The van der Waals surface area contributed by atoms with Crippen LogP contribution in [-0.2, 0) is 11.2 Å². The van der Waals surface area contributed by atoms with Crippen molar-refractivity contribution in [2.24, 2.45) is 0 Å². The Kier molecular flexibility index (Phi) is 4.61. The van der Waals surface area contributed by atoms with Crippen LogP contribution >= 0.6 is 0 Å². The van der Waals surface area contributed by atoms with Crippen LogP contribution < -0.4 is 10.6 Å². The number of nitrogens with one attached hydrogen (secondary N) is 2. The van der Waals surface area contributed by atoms with E-state index in [0.29, 0.717) is 18.5 Å². The van der Waals surface area contributed by atoms with Gasteiger partial charge in [-0.2, -0.15) is 0 Å². The Hall–Kier alpha value is -3.54. The van der Waals surface area contributed by atoms with Gasteiger partial charge in [0.1, 0.15) is 6.04 Å². The minimum Gasteiger partial charge on any atom is -0.337 e. The van der Waals surface area contributed by atoms with Gasteiger partial charge in [-0.3, -0.25) is 9.59 Å². The highest BCUT2D eigenvalue weighted by molar-refractivity contribution is 6.00. The van der Waals surface area contributed by atoms with Crippen LogP contribution in [0.25, 0.3) is 11.3 Å². The molecule has 0 spiro atoms. The number of aryl methyl sites for hydroxylation is 1. The number of hydrogen-bond donors (Lipinski definition) is 2. The predicted octanol–water partition coefficient (Wildman–Crippen LogP) is 2.83. The number of anilines is 1.